The normalized spacial score (nSPS) is 19.7. The SMILES string of the molecule is CCNC(=NCc1cc(OC)c(OC)c(OC)c1)NC1CCC(C)CC1.I. The molecule has 27 heavy (non-hydrogen) atoms. The van der Waals surface area contributed by atoms with Crippen LogP contribution in [0.15, 0.2) is 17.1 Å². The zero-order valence-corrected chi connectivity index (χ0v) is 19.5. The predicted octanol–water partition coefficient (Wildman–Crippen LogP) is 3.96. The molecule has 1 aliphatic carbocycles. The zero-order chi connectivity index (χ0) is 18.9. The maximum absolute atomic E-state index is 5.42. The Morgan fingerprint density at radius 3 is 2.11 bits per heavy atom. The Morgan fingerprint density at radius 1 is 1.04 bits per heavy atom. The van der Waals surface area contributed by atoms with Crippen LogP contribution in [0.5, 0.6) is 17.2 Å². The molecule has 0 unspecified atom stereocenters. The third kappa shape index (κ3) is 6.93. The highest BCUT2D eigenvalue weighted by Crippen LogP contribution is 2.38. The number of hydrogen-bond donors (Lipinski definition) is 2. The van der Waals surface area contributed by atoms with E-state index in [2.05, 4.69) is 24.5 Å². The monoisotopic (exact) mass is 491 g/mol. The van der Waals surface area contributed by atoms with Crippen LogP contribution in [0.1, 0.15) is 45.1 Å². The number of halogens is 1. The van der Waals surface area contributed by atoms with Gasteiger partial charge in [-0.3, -0.25) is 0 Å². The van der Waals surface area contributed by atoms with Crippen LogP contribution < -0.4 is 24.8 Å². The van der Waals surface area contributed by atoms with Crippen molar-refractivity contribution in [3.05, 3.63) is 17.7 Å². The highest BCUT2D eigenvalue weighted by atomic mass is 127. The molecule has 2 rings (SSSR count). The van der Waals surface area contributed by atoms with Crippen LogP contribution in [0.25, 0.3) is 0 Å². The number of aliphatic imine (C=N–C) groups is 1. The van der Waals surface area contributed by atoms with Crippen molar-refractivity contribution >= 4 is 29.9 Å². The Bertz CT molecular complexity index is 577. The Labute approximate surface area is 180 Å². The van der Waals surface area contributed by atoms with Gasteiger partial charge in [0.25, 0.3) is 0 Å². The molecule has 0 spiro atoms. The molecule has 0 bridgehead atoms. The van der Waals surface area contributed by atoms with E-state index in [1.165, 1.54) is 25.7 Å². The summed E-state index contributed by atoms with van der Waals surface area (Å²) in [5.41, 5.74) is 1.01. The Kier molecular flexibility index (Phi) is 10.6. The number of nitrogens with one attached hydrogen (secondary N) is 2. The van der Waals surface area contributed by atoms with Crippen molar-refractivity contribution < 1.29 is 14.2 Å². The standard InChI is InChI=1S/C20H33N3O3.HI/c1-6-21-20(23-16-9-7-14(2)8-10-16)22-13-15-11-17(24-3)19(26-5)18(12-15)25-4;/h11-12,14,16H,6-10,13H2,1-5H3,(H2,21,22,23);1H. The van der Waals surface area contributed by atoms with Gasteiger partial charge in [0, 0.05) is 12.6 Å². The quantitative estimate of drug-likeness (QED) is 0.344. The van der Waals surface area contributed by atoms with Gasteiger partial charge in [-0.2, -0.15) is 0 Å². The summed E-state index contributed by atoms with van der Waals surface area (Å²) < 4.78 is 16.2. The van der Waals surface area contributed by atoms with Gasteiger partial charge in [-0.1, -0.05) is 6.92 Å². The first kappa shape index (κ1) is 23.7. The number of hydrogen-bond acceptors (Lipinski definition) is 4. The van der Waals surface area contributed by atoms with E-state index < -0.39 is 0 Å². The van der Waals surface area contributed by atoms with Gasteiger partial charge in [-0.25, -0.2) is 4.99 Å². The molecule has 0 radical (unpaired) electrons. The largest absolute Gasteiger partial charge is 0.493 e. The molecule has 0 amide bonds. The van der Waals surface area contributed by atoms with E-state index in [9.17, 15) is 0 Å². The van der Waals surface area contributed by atoms with Crippen molar-refractivity contribution in [3.8, 4) is 17.2 Å². The summed E-state index contributed by atoms with van der Waals surface area (Å²) in [7, 11) is 4.86. The Balaban J connectivity index is 0.00000364. The molecule has 0 saturated heterocycles. The summed E-state index contributed by atoms with van der Waals surface area (Å²) in [4.78, 5) is 4.75. The Morgan fingerprint density at radius 2 is 1.63 bits per heavy atom. The summed E-state index contributed by atoms with van der Waals surface area (Å²) in [6.07, 6.45) is 4.97. The highest BCUT2D eigenvalue weighted by molar-refractivity contribution is 14.0. The molecule has 154 valence electrons. The molecule has 1 saturated carbocycles. The molecule has 1 aliphatic rings. The number of benzene rings is 1. The zero-order valence-electron chi connectivity index (χ0n) is 17.1. The van der Waals surface area contributed by atoms with Crippen molar-refractivity contribution in [1.82, 2.24) is 10.6 Å². The van der Waals surface area contributed by atoms with Gasteiger partial charge in [0.2, 0.25) is 5.75 Å². The lowest BCUT2D eigenvalue weighted by atomic mass is 9.87. The summed E-state index contributed by atoms with van der Waals surface area (Å²) in [5, 5.41) is 6.92. The molecular weight excluding hydrogens is 457 g/mol. The lowest BCUT2D eigenvalue weighted by Gasteiger charge is -2.28. The molecule has 7 heteroatoms. The minimum absolute atomic E-state index is 0. The lowest BCUT2D eigenvalue weighted by Crippen LogP contribution is -2.44. The van der Waals surface area contributed by atoms with Crippen LogP contribution in [0, 0.1) is 5.92 Å². The van der Waals surface area contributed by atoms with Gasteiger partial charge in [-0.05, 0) is 56.2 Å². The molecule has 1 fully saturated rings. The van der Waals surface area contributed by atoms with E-state index in [0.717, 1.165) is 24.0 Å². The number of guanidine groups is 1. The second kappa shape index (κ2) is 12.2. The highest BCUT2D eigenvalue weighted by Gasteiger charge is 2.19. The van der Waals surface area contributed by atoms with Crippen LogP contribution in [-0.4, -0.2) is 39.9 Å². The van der Waals surface area contributed by atoms with Crippen molar-refractivity contribution in [1.29, 1.82) is 0 Å². The van der Waals surface area contributed by atoms with Gasteiger partial charge >= 0.3 is 0 Å². The predicted molar refractivity (Wildman–Crippen MR) is 121 cm³/mol. The average molecular weight is 491 g/mol. The molecule has 0 atom stereocenters. The van der Waals surface area contributed by atoms with E-state index in [1.807, 2.05) is 12.1 Å². The number of methoxy groups -OCH3 is 3. The first-order valence-corrected chi connectivity index (χ1v) is 9.44. The van der Waals surface area contributed by atoms with Crippen LogP contribution in [0.4, 0.5) is 0 Å². The lowest BCUT2D eigenvalue weighted by molar-refractivity contribution is 0.323. The first-order chi connectivity index (χ1) is 12.6. The molecule has 0 aromatic heterocycles. The van der Waals surface area contributed by atoms with Crippen LogP contribution in [-0.2, 0) is 6.54 Å². The second-order valence-corrected chi connectivity index (χ2v) is 6.83. The minimum Gasteiger partial charge on any atom is -0.493 e. The fourth-order valence-corrected chi connectivity index (χ4v) is 3.31. The fourth-order valence-electron chi connectivity index (χ4n) is 3.31. The minimum atomic E-state index is 0. The van der Waals surface area contributed by atoms with E-state index in [1.54, 1.807) is 21.3 Å². The number of ether oxygens (including phenoxy) is 3. The molecule has 1 aromatic carbocycles. The summed E-state index contributed by atoms with van der Waals surface area (Å²) in [5.74, 6) is 3.60. The first-order valence-electron chi connectivity index (χ1n) is 9.44. The van der Waals surface area contributed by atoms with E-state index in [0.29, 0.717) is 29.8 Å². The fraction of sp³-hybridized carbons (Fsp3) is 0.650. The maximum Gasteiger partial charge on any atom is 0.203 e. The van der Waals surface area contributed by atoms with E-state index >= 15 is 0 Å². The molecule has 1 aromatic rings. The molecule has 2 N–H and O–H groups in total. The van der Waals surface area contributed by atoms with E-state index in [4.69, 9.17) is 19.2 Å². The van der Waals surface area contributed by atoms with Crippen molar-refractivity contribution in [2.45, 2.75) is 52.1 Å². The second-order valence-electron chi connectivity index (χ2n) is 6.83. The van der Waals surface area contributed by atoms with Gasteiger partial charge in [-0.15, -0.1) is 24.0 Å². The summed E-state index contributed by atoms with van der Waals surface area (Å²) in [6.45, 7) is 5.79. The van der Waals surface area contributed by atoms with Crippen LogP contribution in [0.2, 0.25) is 0 Å². The maximum atomic E-state index is 5.42. The van der Waals surface area contributed by atoms with Crippen LogP contribution in [0.3, 0.4) is 0 Å². The third-order valence-electron chi connectivity index (χ3n) is 4.85. The van der Waals surface area contributed by atoms with Crippen LogP contribution >= 0.6 is 24.0 Å². The average Bonchev–Trinajstić information content (AvgIpc) is 2.67. The molecule has 0 aliphatic heterocycles. The van der Waals surface area contributed by atoms with Crippen molar-refractivity contribution in [2.75, 3.05) is 27.9 Å². The number of nitrogens with zero attached hydrogens (tertiary/aromatic N) is 1. The third-order valence-corrected chi connectivity index (χ3v) is 4.85. The van der Waals surface area contributed by atoms with Gasteiger partial charge in [0.15, 0.2) is 17.5 Å². The molecular formula is C20H34IN3O3. The van der Waals surface area contributed by atoms with Gasteiger partial charge < -0.3 is 24.8 Å². The van der Waals surface area contributed by atoms with Crippen molar-refractivity contribution in [3.63, 3.8) is 0 Å². The molecule has 6 nitrogen and oxygen atoms in total. The smallest absolute Gasteiger partial charge is 0.203 e. The summed E-state index contributed by atoms with van der Waals surface area (Å²) >= 11 is 0. The topological polar surface area (TPSA) is 64.1 Å². The number of rotatable bonds is 7. The summed E-state index contributed by atoms with van der Waals surface area (Å²) in [6, 6.07) is 4.39. The van der Waals surface area contributed by atoms with Crippen molar-refractivity contribution in [2.24, 2.45) is 10.9 Å². The van der Waals surface area contributed by atoms with Gasteiger partial charge in [0.05, 0.1) is 27.9 Å². The molecule has 0 heterocycles. The van der Waals surface area contributed by atoms with E-state index in [-0.39, 0.29) is 24.0 Å². The Hall–Kier alpha value is -1.38. The van der Waals surface area contributed by atoms with Gasteiger partial charge in [0.1, 0.15) is 0 Å².